The summed E-state index contributed by atoms with van der Waals surface area (Å²) in [6.07, 6.45) is 3.66. The van der Waals surface area contributed by atoms with Crippen LogP contribution in [0.15, 0.2) is 59.3 Å². The molecule has 0 aliphatic heterocycles. The normalized spacial score (nSPS) is 11.6. The fourth-order valence-corrected chi connectivity index (χ4v) is 3.54. The van der Waals surface area contributed by atoms with Gasteiger partial charge in [-0.15, -0.1) is 0 Å². The van der Waals surface area contributed by atoms with E-state index < -0.39 is 11.9 Å². The van der Waals surface area contributed by atoms with E-state index in [1.165, 1.54) is 0 Å². The molecule has 32 heavy (non-hydrogen) atoms. The Balaban J connectivity index is 1.72. The second kappa shape index (κ2) is 8.00. The van der Waals surface area contributed by atoms with Crippen molar-refractivity contribution in [3.8, 4) is 11.1 Å². The van der Waals surface area contributed by atoms with E-state index in [4.69, 9.17) is 4.42 Å². The molecule has 0 fully saturated rings. The van der Waals surface area contributed by atoms with Gasteiger partial charge < -0.3 is 14.8 Å². The molecule has 2 heterocycles. The molecule has 0 saturated carbocycles. The number of aromatic nitrogens is 2. The van der Waals surface area contributed by atoms with Crippen molar-refractivity contribution in [1.29, 1.82) is 0 Å². The lowest BCUT2D eigenvalue weighted by atomic mass is 9.87. The van der Waals surface area contributed by atoms with Crippen molar-refractivity contribution >= 4 is 28.5 Å². The van der Waals surface area contributed by atoms with E-state index in [-0.39, 0.29) is 16.9 Å². The Morgan fingerprint density at radius 3 is 2.41 bits per heavy atom. The van der Waals surface area contributed by atoms with Gasteiger partial charge in [-0.3, -0.25) is 9.48 Å². The molecule has 1 amide bonds. The molecule has 0 bridgehead atoms. The lowest BCUT2D eigenvalue weighted by Gasteiger charge is -2.19. The number of carbonyl (C=O) groups is 2. The molecule has 2 N–H and O–H groups in total. The average Bonchev–Trinajstić information content (AvgIpc) is 3.38. The fraction of sp³-hybridized carbons (Fsp3) is 0.240. The predicted molar refractivity (Wildman–Crippen MR) is 123 cm³/mol. The number of amides is 1. The largest absolute Gasteiger partial charge is 0.475 e. The summed E-state index contributed by atoms with van der Waals surface area (Å²) in [5.74, 6) is -1.96. The van der Waals surface area contributed by atoms with E-state index in [0.29, 0.717) is 16.5 Å². The number of hydrogen-bond donors (Lipinski definition) is 2. The van der Waals surface area contributed by atoms with Gasteiger partial charge in [-0.25, -0.2) is 4.79 Å². The number of anilines is 1. The lowest BCUT2D eigenvalue weighted by molar-refractivity contribution is 0.0666. The van der Waals surface area contributed by atoms with Crippen LogP contribution in [-0.4, -0.2) is 26.8 Å². The van der Waals surface area contributed by atoms with Crippen LogP contribution in [0.1, 0.15) is 54.2 Å². The van der Waals surface area contributed by atoms with E-state index >= 15 is 0 Å². The minimum Gasteiger partial charge on any atom is -0.475 e. The van der Waals surface area contributed by atoms with Crippen LogP contribution in [0.2, 0.25) is 0 Å². The molecule has 0 spiro atoms. The summed E-state index contributed by atoms with van der Waals surface area (Å²) in [7, 11) is 0. The molecule has 164 valence electrons. The summed E-state index contributed by atoms with van der Waals surface area (Å²) >= 11 is 0. The summed E-state index contributed by atoms with van der Waals surface area (Å²) in [5.41, 5.74) is 3.76. The second-order valence-electron chi connectivity index (χ2n) is 8.69. The number of hydrogen-bond acceptors (Lipinski definition) is 4. The van der Waals surface area contributed by atoms with Gasteiger partial charge in [-0.05, 0) is 47.7 Å². The number of nitrogens with zero attached hydrogens (tertiary/aromatic N) is 2. The molecule has 4 rings (SSSR count). The van der Waals surface area contributed by atoms with Gasteiger partial charge in [0.05, 0.1) is 6.20 Å². The highest BCUT2D eigenvalue weighted by molar-refractivity contribution is 6.13. The number of carboxylic acids is 1. The number of carboxylic acid groups (broad SMARTS) is 1. The zero-order valence-corrected chi connectivity index (χ0v) is 18.5. The molecule has 0 unspecified atom stereocenters. The zero-order chi connectivity index (χ0) is 23.0. The quantitative estimate of drug-likeness (QED) is 0.431. The Labute approximate surface area is 185 Å². The summed E-state index contributed by atoms with van der Waals surface area (Å²) in [6.45, 7) is 9.03. The van der Waals surface area contributed by atoms with E-state index in [1.807, 2.05) is 36.0 Å². The second-order valence-corrected chi connectivity index (χ2v) is 8.69. The van der Waals surface area contributed by atoms with Crippen molar-refractivity contribution in [2.24, 2.45) is 0 Å². The maximum Gasteiger partial charge on any atom is 0.374 e. The number of aryl methyl sites for hydroxylation is 1. The first-order chi connectivity index (χ1) is 15.2. The third-order valence-corrected chi connectivity index (χ3v) is 5.42. The van der Waals surface area contributed by atoms with Crippen LogP contribution in [0.25, 0.3) is 22.1 Å². The lowest BCUT2D eigenvalue weighted by Crippen LogP contribution is -2.15. The number of benzene rings is 2. The van der Waals surface area contributed by atoms with Gasteiger partial charge in [0.2, 0.25) is 5.76 Å². The van der Waals surface area contributed by atoms with Crippen molar-refractivity contribution in [2.45, 2.75) is 39.7 Å². The van der Waals surface area contributed by atoms with Crippen molar-refractivity contribution < 1.29 is 19.1 Å². The first-order valence-electron chi connectivity index (χ1n) is 10.4. The highest BCUT2D eigenvalue weighted by Gasteiger charge is 2.23. The minimum atomic E-state index is -1.25. The molecular formula is C25H25N3O4. The van der Waals surface area contributed by atoms with E-state index in [9.17, 15) is 14.7 Å². The molecule has 0 atom stereocenters. The van der Waals surface area contributed by atoms with Crippen LogP contribution in [0.3, 0.4) is 0 Å². The highest BCUT2D eigenvalue weighted by Crippen LogP contribution is 2.35. The summed E-state index contributed by atoms with van der Waals surface area (Å²) in [6, 6.07) is 12.6. The predicted octanol–water partition coefficient (Wildman–Crippen LogP) is 5.56. The van der Waals surface area contributed by atoms with E-state index in [0.717, 1.165) is 23.2 Å². The van der Waals surface area contributed by atoms with Crippen LogP contribution in [0, 0.1) is 0 Å². The van der Waals surface area contributed by atoms with Crippen molar-refractivity contribution in [3.63, 3.8) is 0 Å². The van der Waals surface area contributed by atoms with Crippen molar-refractivity contribution in [1.82, 2.24) is 9.78 Å². The first kappa shape index (κ1) is 21.4. The number of carbonyl (C=O) groups excluding carboxylic acids is 1. The number of furan rings is 1. The number of aromatic carboxylic acids is 1. The molecule has 0 radical (unpaired) electrons. The van der Waals surface area contributed by atoms with Crippen molar-refractivity contribution in [2.75, 3.05) is 5.32 Å². The van der Waals surface area contributed by atoms with Gasteiger partial charge in [0.15, 0.2) is 0 Å². The molecule has 2 aromatic carbocycles. The van der Waals surface area contributed by atoms with Gasteiger partial charge in [0.1, 0.15) is 11.3 Å². The van der Waals surface area contributed by atoms with Crippen LogP contribution in [0.5, 0.6) is 0 Å². The third-order valence-electron chi connectivity index (χ3n) is 5.42. The minimum absolute atomic E-state index is 0.0335. The van der Waals surface area contributed by atoms with Crippen LogP contribution < -0.4 is 5.32 Å². The third kappa shape index (κ3) is 4.01. The SMILES string of the molecule is CCn1cc(-c2ccc3oc(C(=O)O)c(NC(=O)c4ccc(C(C)(C)C)cc4)c3c2)cn1. The Bertz CT molecular complexity index is 1310. The molecule has 4 aromatic rings. The zero-order valence-electron chi connectivity index (χ0n) is 18.5. The van der Waals surface area contributed by atoms with Crippen LogP contribution >= 0.6 is 0 Å². The molecule has 2 aromatic heterocycles. The topological polar surface area (TPSA) is 97.4 Å². The summed E-state index contributed by atoms with van der Waals surface area (Å²) < 4.78 is 7.35. The molecule has 0 aliphatic rings. The maximum atomic E-state index is 12.9. The molecular weight excluding hydrogens is 406 g/mol. The molecule has 0 aliphatic carbocycles. The maximum absolute atomic E-state index is 12.9. The monoisotopic (exact) mass is 431 g/mol. The van der Waals surface area contributed by atoms with Crippen molar-refractivity contribution in [3.05, 3.63) is 71.7 Å². The summed E-state index contributed by atoms with van der Waals surface area (Å²) in [4.78, 5) is 24.7. The Morgan fingerprint density at radius 2 is 1.81 bits per heavy atom. The van der Waals surface area contributed by atoms with Gasteiger partial charge in [-0.2, -0.15) is 5.10 Å². The highest BCUT2D eigenvalue weighted by atomic mass is 16.4. The van der Waals surface area contributed by atoms with Crippen LogP contribution in [-0.2, 0) is 12.0 Å². The van der Waals surface area contributed by atoms with Gasteiger partial charge in [0, 0.05) is 29.3 Å². The van der Waals surface area contributed by atoms with Gasteiger partial charge in [0.25, 0.3) is 5.91 Å². The average molecular weight is 431 g/mol. The van der Waals surface area contributed by atoms with Gasteiger partial charge >= 0.3 is 5.97 Å². The van der Waals surface area contributed by atoms with Gasteiger partial charge in [-0.1, -0.05) is 39.0 Å². The Hall–Kier alpha value is -3.87. The smallest absolute Gasteiger partial charge is 0.374 e. The molecule has 7 nitrogen and oxygen atoms in total. The fourth-order valence-electron chi connectivity index (χ4n) is 3.54. The van der Waals surface area contributed by atoms with E-state index in [1.54, 1.807) is 30.5 Å². The van der Waals surface area contributed by atoms with E-state index in [2.05, 4.69) is 31.2 Å². The summed E-state index contributed by atoms with van der Waals surface area (Å²) in [5, 5.41) is 17.2. The Kier molecular flexibility index (Phi) is 5.34. The standard InChI is InChI=1S/C25H25N3O4/c1-5-28-14-17(13-26-28)16-8-11-20-19(12-16)21(22(32-20)24(30)31)27-23(29)15-6-9-18(10-7-15)25(2,3)4/h6-14H,5H2,1-4H3,(H,27,29)(H,30,31). The number of fused-ring (bicyclic) bond motifs is 1. The first-order valence-corrected chi connectivity index (χ1v) is 10.4. The number of nitrogens with one attached hydrogen (secondary N) is 1. The Morgan fingerprint density at radius 1 is 1.09 bits per heavy atom. The molecule has 0 saturated heterocycles. The van der Waals surface area contributed by atoms with Crippen LogP contribution in [0.4, 0.5) is 5.69 Å². The number of rotatable bonds is 5. The molecule has 7 heteroatoms.